The molecule has 10 heteroatoms. The topological polar surface area (TPSA) is 95.7 Å². The number of esters is 1. The highest BCUT2D eigenvalue weighted by molar-refractivity contribution is 6.32. The summed E-state index contributed by atoms with van der Waals surface area (Å²) in [5, 5.41) is 10.8. The van der Waals surface area contributed by atoms with E-state index >= 15 is 0 Å². The monoisotopic (exact) mass is 425 g/mol. The van der Waals surface area contributed by atoms with E-state index in [-0.39, 0.29) is 22.0 Å². The highest BCUT2D eigenvalue weighted by atomic mass is 35.5. The van der Waals surface area contributed by atoms with Crippen LogP contribution in [-0.4, -0.2) is 29.9 Å². The van der Waals surface area contributed by atoms with E-state index in [0.717, 1.165) is 12.1 Å². The Kier molecular flexibility index (Phi) is 7.38. The highest BCUT2D eigenvalue weighted by Gasteiger charge is 2.17. The minimum absolute atomic E-state index is 0.0553. The molecule has 0 fully saturated rings. The second kappa shape index (κ2) is 9.74. The number of nitrogens with zero attached hydrogens (tertiary/aromatic N) is 1. The average Bonchev–Trinajstić information content (AvgIpc) is 2.66. The lowest BCUT2D eigenvalue weighted by molar-refractivity contribution is -0.384. The van der Waals surface area contributed by atoms with Gasteiger partial charge in [0.05, 0.1) is 10.5 Å². The van der Waals surface area contributed by atoms with Crippen molar-refractivity contribution in [3.8, 4) is 5.75 Å². The van der Waals surface area contributed by atoms with Gasteiger partial charge in [0.25, 0.3) is 5.69 Å². The van der Waals surface area contributed by atoms with Gasteiger partial charge < -0.3 is 9.47 Å². The summed E-state index contributed by atoms with van der Waals surface area (Å²) < 4.78 is 34.0. The Balaban J connectivity index is 2.03. The first-order valence-electron chi connectivity index (χ1n) is 8.05. The van der Waals surface area contributed by atoms with Crippen molar-refractivity contribution in [3.05, 3.63) is 74.3 Å². The first kappa shape index (κ1) is 22.0. The number of nitro groups is 1. The van der Waals surface area contributed by atoms with Gasteiger partial charge in [0.15, 0.2) is 6.61 Å². The molecule has 2 aromatic carbocycles. The van der Waals surface area contributed by atoms with Crippen LogP contribution >= 0.6 is 11.6 Å². The second-order valence-electron chi connectivity index (χ2n) is 5.71. The Bertz CT molecular complexity index is 977. The van der Waals surface area contributed by atoms with E-state index in [1.807, 2.05) is 0 Å². The van der Waals surface area contributed by atoms with Gasteiger partial charge in [-0.2, -0.15) is 8.78 Å². The van der Waals surface area contributed by atoms with E-state index in [0.29, 0.717) is 11.1 Å². The number of carbonyl (C=O) groups excluding carboxylic acids is 2. The number of aryl methyl sites for hydroxylation is 1. The van der Waals surface area contributed by atoms with Gasteiger partial charge in [-0.15, -0.1) is 0 Å². The van der Waals surface area contributed by atoms with E-state index in [9.17, 15) is 28.5 Å². The number of Topliss-reactive ketones (excluding diaryl/α,β-unsaturated/α-hetero) is 1. The zero-order valence-corrected chi connectivity index (χ0v) is 15.7. The molecule has 0 saturated carbocycles. The SMILES string of the molecule is Cc1ccc(OC(F)F)c(C(=O)COC(=O)/C=C/c2ccc(Cl)c([N+](=O)[O-])c2)c1. The first-order valence-corrected chi connectivity index (χ1v) is 8.42. The molecule has 0 N–H and O–H groups in total. The van der Waals surface area contributed by atoms with Gasteiger partial charge in [-0.1, -0.05) is 29.3 Å². The summed E-state index contributed by atoms with van der Waals surface area (Å²) in [6, 6.07) is 7.98. The second-order valence-corrected chi connectivity index (χ2v) is 6.12. The zero-order chi connectivity index (χ0) is 21.6. The van der Waals surface area contributed by atoms with Crippen LogP contribution in [0.1, 0.15) is 21.5 Å². The minimum atomic E-state index is -3.11. The molecule has 0 saturated heterocycles. The normalized spacial score (nSPS) is 10.9. The Hall–Kier alpha value is -3.33. The van der Waals surface area contributed by atoms with E-state index in [4.69, 9.17) is 16.3 Å². The van der Waals surface area contributed by atoms with E-state index < -0.39 is 29.9 Å². The number of hydrogen-bond acceptors (Lipinski definition) is 6. The standard InChI is InChI=1S/C19H14ClF2NO6/c1-11-2-6-17(29-19(21)22)13(8-11)16(24)10-28-18(25)7-4-12-3-5-14(20)15(9-12)23(26)27/h2-9,19H,10H2,1H3/b7-4+. The molecule has 7 nitrogen and oxygen atoms in total. The maximum absolute atomic E-state index is 12.5. The largest absolute Gasteiger partial charge is 0.454 e. The summed E-state index contributed by atoms with van der Waals surface area (Å²) in [6.07, 6.45) is 2.21. The molecule has 152 valence electrons. The van der Waals surface area contributed by atoms with Crippen LogP contribution in [0.4, 0.5) is 14.5 Å². The molecular weight excluding hydrogens is 412 g/mol. The molecule has 2 aromatic rings. The molecular formula is C19H14ClF2NO6. The molecule has 2 rings (SSSR count). The lowest BCUT2D eigenvalue weighted by Gasteiger charge is -2.10. The van der Waals surface area contributed by atoms with Crippen LogP contribution in [0.2, 0.25) is 5.02 Å². The van der Waals surface area contributed by atoms with Crippen molar-refractivity contribution in [2.45, 2.75) is 13.5 Å². The predicted molar refractivity (Wildman–Crippen MR) is 100 cm³/mol. The van der Waals surface area contributed by atoms with Gasteiger partial charge in [-0.25, -0.2) is 4.79 Å². The highest BCUT2D eigenvalue weighted by Crippen LogP contribution is 2.26. The first-order chi connectivity index (χ1) is 13.7. The summed E-state index contributed by atoms with van der Waals surface area (Å²) in [5.41, 5.74) is 0.472. The van der Waals surface area contributed by atoms with Crippen molar-refractivity contribution in [2.24, 2.45) is 0 Å². The Morgan fingerprint density at radius 3 is 2.62 bits per heavy atom. The van der Waals surface area contributed by atoms with Crippen molar-refractivity contribution < 1.29 is 32.8 Å². The van der Waals surface area contributed by atoms with Gasteiger partial charge in [0, 0.05) is 12.1 Å². The quantitative estimate of drug-likeness (QED) is 0.202. The van der Waals surface area contributed by atoms with Gasteiger partial charge in [0.1, 0.15) is 10.8 Å². The summed E-state index contributed by atoms with van der Waals surface area (Å²) in [7, 11) is 0. The van der Waals surface area contributed by atoms with Crippen molar-refractivity contribution in [1.29, 1.82) is 0 Å². The van der Waals surface area contributed by atoms with Crippen LogP contribution in [0.25, 0.3) is 6.08 Å². The third-order valence-corrected chi connectivity index (χ3v) is 3.90. The summed E-state index contributed by atoms with van der Waals surface area (Å²) in [6.45, 7) is -2.16. The molecule has 0 aromatic heterocycles. The van der Waals surface area contributed by atoms with Gasteiger partial charge in [-0.3, -0.25) is 14.9 Å². The molecule has 0 aliphatic heterocycles. The lowest BCUT2D eigenvalue weighted by atomic mass is 10.1. The average molecular weight is 426 g/mol. The Labute approximate surface area is 168 Å². The third-order valence-electron chi connectivity index (χ3n) is 3.58. The molecule has 0 aliphatic carbocycles. The maximum Gasteiger partial charge on any atom is 0.387 e. The van der Waals surface area contributed by atoms with Gasteiger partial charge in [0.2, 0.25) is 5.78 Å². The van der Waals surface area contributed by atoms with Crippen LogP contribution in [0, 0.1) is 17.0 Å². The molecule has 0 radical (unpaired) electrons. The van der Waals surface area contributed by atoms with Gasteiger partial charge >= 0.3 is 12.6 Å². The number of rotatable bonds is 8. The van der Waals surface area contributed by atoms with Crippen molar-refractivity contribution in [3.63, 3.8) is 0 Å². The third kappa shape index (κ3) is 6.35. The van der Waals surface area contributed by atoms with Crippen LogP contribution in [-0.2, 0) is 9.53 Å². The van der Waals surface area contributed by atoms with E-state index in [2.05, 4.69) is 4.74 Å². The molecule has 0 amide bonds. The van der Waals surface area contributed by atoms with E-state index in [1.54, 1.807) is 6.92 Å². The molecule has 29 heavy (non-hydrogen) atoms. The lowest BCUT2D eigenvalue weighted by Crippen LogP contribution is -2.15. The number of halogens is 3. The van der Waals surface area contributed by atoms with Crippen LogP contribution in [0.3, 0.4) is 0 Å². The number of alkyl halides is 2. The Morgan fingerprint density at radius 1 is 1.24 bits per heavy atom. The number of hydrogen-bond donors (Lipinski definition) is 0. The predicted octanol–water partition coefficient (Wildman–Crippen LogP) is 4.60. The fourth-order valence-electron chi connectivity index (χ4n) is 2.26. The van der Waals surface area contributed by atoms with Crippen molar-refractivity contribution >= 4 is 35.1 Å². The zero-order valence-electron chi connectivity index (χ0n) is 14.9. The van der Waals surface area contributed by atoms with Crippen molar-refractivity contribution in [2.75, 3.05) is 6.61 Å². The number of carbonyl (C=O) groups is 2. The summed E-state index contributed by atoms with van der Waals surface area (Å²) in [4.78, 5) is 34.2. The smallest absolute Gasteiger partial charge is 0.387 e. The Morgan fingerprint density at radius 2 is 1.97 bits per heavy atom. The fourth-order valence-corrected chi connectivity index (χ4v) is 2.45. The van der Waals surface area contributed by atoms with Crippen LogP contribution < -0.4 is 4.74 Å². The van der Waals surface area contributed by atoms with Crippen LogP contribution in [0.15, 0.2) is 42.5 Å². The van der Waals surface area contributed by atoms with Crippen molar-refractivity contribution in [1.82, 2.24) is 0 Å². The molecule has 0 bridgehead atoms. The maximum atomic E-state index is 12.5. The molecule has 0 aliphatic rings. The number of ether oxygens (including phenoxy) is 2. The molecule has 0 atom stereocenters. The summed E-state index contributed by atoms with van der Waals surface area (Å²) in [5.74, 6) is -1.95. The summed E-state index contributed by atoms with van der Waals surface area (Å²) >= 11 is 5.70. The fraction of sp³-hybridized carbons (Fsp3) is 0.158. The number of ketones is 1. The minimum Gasteiger partial charge on any atom is -0.454 e. The van der Waals surface area contributed by atoms with Gasteiger partial charge in [-0.05, 0) is 36.8 Å². The molecule has 0 heterocycles. The van der Waals surface area contributed by atoms with Crippen LogP contribution in [0.5, 0.6) is 5.75 Å². The number of benzene rings is 2. The molecule has 0 unspecified atom stereocenters. The molecule has 0 spiro atoms. The number of nitro benzene ring substituents is 1. The van der Waals surface area contributed by atoms with E-state index in [1.165, 1.54) is 36.4 Å².